The lowest BCUT2D eigenvalue weighted by molar-refractivity contribution is -0.114. The lowest BCUT2D eigenvalue weighted by Gasteiger charge is -2.22. The molecule has 5 nitrogen and oxygen atoms in total. The second-order valence-corrected chi connectivity index (χ2v) is 9.86. The molecule has 0 radical (unpaired) electrons. The molecule has 0 N–H and O–H groups in total. The Kier molecular flexibility index (Phi) is 11.0. The van der Waals surface area contributed by atoms with Gasteiger partial charge in [0.05, 0.1) is 14.2 Å². The van der Waals surface area contributed by atoms with Crippen LogP contribution in [0.2, 0.25) is 0 Å². The number of ether oxygens (including phenoxy) is 4. The molecule has 0 aliphatic carbocycles. The molecule has 0 aliphatic rings. The third kappa shape index (κ3) is 7.70. The van der Waals surface area contributed by atoms with Gasteiger partial charge in [-0.1, -0.05) is 79.4 Å². The number of rotatable bonds is 16. The lowest BCUT2D eigenvalue weighted by atomic mass is 9.94. The van der Waals surface area contributed by atoms with Crippen LogP contribution in [-0.2, 0) is 30.8 Å². The maximum absolute atomic E-state index is 12.0. The van der Waals surface area contributed by atoms with Crippen molar-refractivity contribution < 1.29 is 23.7 Å². The van der Waals surface area contributed by atoms with E-state index in [0.29, 0.717) is 55.5 Å². The van der Waals surface area contributed by atoms with Crippen LogP contribution >= 0.6 is 0 Å². The van der Waals surface area contributed by atoms with Crippen molar-refractivity contribution >= 4 is 5.78 Å². The van der Waals surface area contributed by atoms with E-state index in [9.17, 15) is 4.79 Å². The van der Waals surface area contributed by atoms with E-state index in [4.69, 9.17) is 18.9 Å². The predicted octanol–water partition coefficient (Wildman–Crippen LogP) is 8.34. The molecule has 0 amide bonds. The van der Waals surface area contributed by atoms with Gasteiger partial charge in [-0.25, -0.2) is 0 Å². The van der Waals surface area contributed by atoms with Gasteiger partial charge in [-0.15, -0.1) is 6.58 Å². The zero-order chi connectivity index (χ0) is 29.7. The van der Waals surface area contributed by atoms with Crippen molar-refractivity contribution in [3.8, 4) is 34.1 Å². The summed E-state index contributed by atoms with van der Waals surface area (Å²) < 4.78 is 24.7. The van der Waals surface area contributed by atoms with Crippen LogP contribution in [0.1, 0.15) is 35.1 Å². The largest absolute Gasteiger partial charge is 0.492 e. The third-order valence-electron chi connectivity index (χ3n) is 6.98. The number of allylic oxidation sites excluding steroid dienone is 2. The van der Waals surface area contributed by atoms with Crippen molar-refractivity contribution in [2.75, 3.05) is 14.2 Å². The van der Waals surface area contributed by atoms with Gasteiger partial charge in [0.2, 0.25) is 5.75 Å². The minimum Gasteiger partial charge on any atom is -0.492 e. The number of benzene rings is 4. The standard InChI is InChI=1S/C37H38O5/c1-5-7-18-30-24-33(36(39-3)37(40-4)35(30)42-26-29-16-12-9-13-17-29)32-23-27(19-21-31(38)6-2)20-22-34(32)41-25-28-14-10-8-11-15-28/h5-6,8-17,20,22-24H,1-2,7,18-19,21,25-26H2,3-4H3. The van der Waals surface area contributed by atoms with Gasteiger partial charge in [0.25, 0.3) is 0 Å². The number of methoxy groups -OCH3 is 2. The van der Waals surface area contributed by atoms with Gasteiger partial charge in [0, 0.05) is 17.5 Å². The summed E-state index contributed by atoms with van der Waals surface area (Å²) in [6.07, 6.45) is 5.68. The second-order valence-electron chi connectivity index (χ2n) is 9.86. The normalized spacial score (nSPS) is 10.5. The van der Waals surface area contributed by atoms with Gasteiger partial charge >= 0.3 is 0 Å². The summed E-state index contributed by atoms with van der Waals surface area (Å²) in [6, 6.07) is 28.2. The van der Waals surface area contributed by atoms with Crippen LogP contribution < -0.4 is 18.9 Å². The van der Waals surface area contributed by atoms with E-state index in [1.54, 1.807) is 14.2 Å². The first-order valence-electron chi connectivity index (χ1n) is 14.1. The topological polar surface area (TPSA) is 54.0 Å². The second kappa shape index (κ2) is 15.3. The van der Waals surface area contributed by atoms with Crippen LogP contribution in [0.15, 0.2) is 110 Å². The molecule has 0 bridgehead atoms. The Balaban J connectivity index is 1.82. The molecule has 0 atom stereocenters. The molecule has 4 aromatic rings. The van der Waals surface area contributed by atoms with Crippen LogP contribution in [0.4, 0.5) is 0 Å². The fraction of sp³-hybridized carbons (Fsp3) is 0.216. The van der Waals surface area contributed by atoms with Gasteiger partial charge < -0.3 is 18.9 Å². The Morgan fingerprint density at radius 3 is 1.93 bits per heavy atom. The van der Waals surface area contributed by atoms with E-state index in [2.05, 4.69) is 25.3 Å². The van der Waals surface area contributed by atoms with Gasteiger partial charge in [0.15, 0.2) is 17.3 Å². The van der Waals surface area contributed by atoms with E-state index in [0.717, 1.165) is 39.8 Å². The molecule has 4 rings (SSSR count). The highest BCUT2D eigenvalue weighted by molar-refractivity contribution is 5.89. The number of hydrogen-bond donors (Lipinski definition) is 0. The summed E-state index contributed by atoms with van der Waals surface area (Å²) >= 11 is 0. The molecule has 0 aliphatic heterocycles. The molecule has 216 valence electrons. The molecule has 0 spiro atoms. The van der Waals surface area contributed by atoms with Crippen molar-refractivity contribution in [3.05, 3.63) is 132 Å². The van der Waals surface area contributed by atoms with Gasteiger partial charge in [-0.2, -0.15) is 0 Å². The molecule has 0 unspecified atom stereocenters. The molecular weight excluding hydrogens is 524 g/mol. The number of carbonyl (C=O) groups is 1. The first-order chi connectivity index (χ1) is 20.6. The molecule has 0 saturated carbocycles. The van der Waals surface area contributed by atoms with E-state index < -0.39 is 0 Å². The fourth-order valence-electron chi connectivity index (χ4n) is 4.77. The van der Waals surface area contributed by atoms with E-state index >= 15 is 0 Å². The SMILES string of the molecule is C=CCCc1cc(-c2cc(CCC(=O)C=C)ccc2OCc2ccccc2)c(OC)c(OC)c1OCc1ccccc1. The molecule has 0 heterocycles. The Labute approximate surface area is 249 Å². The Morgan fingerprint density at radius 2 is 1.33 bits per heavy atom. The van der Waals surface area contributed by atoms with Crippen molar-refractivity contribution in [1.82, 2.24) is 0 Å². The Bertz CT molecular complexity index is 1490. The number of aryl methyl sites for hydroxylation is 2. The number of carbonyl (C=O) groups excluding carboxylic acids is 1. The zero-order valence-electron chi connectivity index (χ0n) is 24.4. The summed E-state index contributed by atoms with van der Waals surface area (Å²) in [5.74, 6) is 2.42. The molecule has 5 heteroatoms. The minimum atomic E-state index is 0.00633. The summed E-state index contributed by atoms with van der Waals surface area (Å²) in [5.41, 5.74) is 5.75. The Morgan fingerprint density at radius 1 is 0.690 bits per heavy atom. The van der Waals surface area contributed by atoms with Gasteiger partial charge in [-0.05, 0) is 65.8 Å². The average molecular weight is 563 g/mol. The van der Waals surface area contributed by atoms with Crippen molar-refractivity contribution in [2.45, 2.75) is 38.9 Å². The first-order valence-corrected chi connectivity index (χ1v) is 14.1. The van der Waals surface area contributed by atoms with E-state index in [1.165, 1.54) is 6.08 Å². The van der Waals surface area contributed by atoms with Crippen LogP contribution in [0.3, 0.4) is 0 Å². The summed E-state index contributed by atoms with van der Waals surface area (Å²) in [4.78, 5) is 12.0. The maximum atomic E-state index is 12.0. The van der Waals surface area contributed by atoms with Crippen LogP contribution in [0, 0.1) is 0 Å². The molecule has 0 saturated heterocycles. The molecule has 42 heavy (non-hydrogen) atoms. The monoisotopic (exact) mass is 562 g/mol. The molecule has 0 aromatic heterocycles. The summed E-state index contributed by atoms with van der Waals surface area (Å²) in [7, 11) is 3.25. The zero-order valence-corrected chi connectivity index (χ0v) is 24.4. The molecular formula is C37H38O5. The lowest BCUT2D eigenvalue weighted by Crippen LogP contribution is -2.05. The summed E-state index contributed by atoms with van der Waals surface area (Å²) in [6.45, 7) is 8.32. The maximum Gasteiger partial charge on any atom is 0.204 e. The third-order valence-corrected chi connectivity index (χ3v) is 6.98. The predicted molar refractivity (Wildman–Crippen MR) is 169 cm³/mol. The van der Waals surface area contributed by atoms with Gasteiger partial charge in [0.1, 0.15) is 19.0 Å². The van der Waals surface area contributed by atoms with Crippen molar-refractivity contribution in [2.24, 2.45) is 0 Å². The van der Waals surface area contributed by atoms with Crippen molar-refractivity contribution in [1.29, 1.82) is 0 Å². The Hall–Kier alpha value is -4.77. The number of ketones is 1. The minimum absolute atomic E-state index is 0.00633. The highest BCUT2D eigenvalue weighted by Gasteiger charge is 2.24. The van der Waals surface area contributed by atoms with Crippen LogP contribution in [-0.4, -0.2) is 20.0 Å². The fourth-order valence-corrected chi connectivity index (χ4v) is 4.77. The van der Waals surface area contributed by atoms with E-state index in [-0.39, 0.29) is 5.78 Å². The quantitative estimate of drug-likeness (QED) is 0.101. The number of hydrogen-bond acceptors (Lipinski definition) is 5. The van der Waals surface area contributed by atoms with Crippen molar-refractivity contribution in [3.63, 3.8) is 0 Å². The molecule has 0 fully saturated rings. The smallest absolute Gasteiger partial charge is 0.204 e. The highest BCUT2D eigenvalue weighted by atomic mass is 16.5. The molecule has 4 aromatic carbocycles. The average Bonchev–Trinajstić information content (AvgIpc) is 3.04. The first kappa shape index (κ1) is 30.2. The summed E-state index contributed by atoms with van der Waals surface area (Å²) in [5, 5.41) is 0. The van der Waals surface area contributed by atoms with Crippen LogP contribution in [0.25, 0.3) is 11.1 Å². The highest BCUT2D eigenvalue weighted by Crippen LogP contribution is 2.49. The van der Waals surface area contributed by atoms with Crippen LogP contribution in [0.5, 0.6) is 23.0 Å². The van der Waals surface area contributed by atoms with E-state index in [1.807, 2.05) is 78.9 Å². The van der Waals surface area contributed by atoms with Gasteiger partial charge in [-0.3, -0.25) is 4.79 Å².